The molecule has 2 heterocycles. The van der Waals surface area contributed by atoms with E-state index in [2.05, 4.69) is 30.9 Å². The number of carbonyl (C=O) groups excluding carboxylic acids is 1. The zero-order chi connectivity index (χ0) is 19.1. The summed E-state index contributed by atoms with van der Waals surface area (Å²) in [4.78, 5) is 36.8. The van der Waals surface area contributed by atoms with Gasteiger partial charge in [0.05, 0.1) is 6.33 Å². The molecule has 2 rings (SSSR count). The van der Waals surface area contributed by atoms with Crippen molar-refractivity contribution in [2.75, 3.05) is 30.3 Å². The molecule has 0 fully saturated rings. The Bertz CT molecular complexity index is 832. The summed E-state index contributed by atoms with van der Waals surface area (Å²) < 4.78 is 1.30. The highest BCUT2D eigenvalue weighted by atomic mass is 16.2. The van der Waals surface area contributed by atoms with Crippen LogP contribution in [0.25, 0.3) is 0 Å². The molecule has 3 N–H and O–H groups in total. The van der Waals surface area contributed by atoms with Gasteiger partial charge in [-0.05, 0) is 27.7 Å². The van der Waals surface area contributed by atoms with Crippen LogP contribution in [0.1, 0.15) is 23.9 Å². The van der Waals surface area contributed by atoms with Gasteiger partial charge in [0, 0.05) is 42.7 Å². The van der Waals surface area contributed by atoms with Crippen LogP contribution in [-0.4, -0.2) is 45.1 Å². The minimum absolute atomic E-state index is 0.0571. The topological polar surface area (TPSA) is 114 Å². The first-order chi connectivity index (χ1) is 12.4. The van der Waals surface area contributed by atoms with E-state index in [0.29, 0.717) is 30.3 Å². The summed E-state index contributed by atoms with van der Waals surface area (Å²) >= 11 is 0. The molecule has 9 nitrogen and oxygen atoms in total. The molecule has 9 heteroatoms. The second-order valence-corrected chi connectivity index (χ2v) is 5.91. The van der Waals surface area contributed by atoms with Crippen molar-refractivity contribution in [3.8, 4) is 0 Å². The van der Waals surface area contributed by atoms with Gasteiger partial charge in [-0.25, -0.2) is 9.97 Å². The molecule has 0 radical (unpaired) electrons. The number of carbonyl (C=O) groups is 1. The number of amides is 1. The highest BCUT2D eigenvalue weighted by molar-refractivity contribution is 5.75. The molecule has 0 bridgehead atoms. The van der Waals surface area contributed by atoms with Crippen molar-refractivity contribution in [2.45, 2.75) is 34.2 Å². The third-order valence-electron chi connectivity index (χ3n) is 3.77. The summed E-state index contributed by atoms with van der Waals surface area (Å²) in [7, 11) is 0. The molecule has 140 valence electrons. The lowest BCUT2D eigenvalue weighted by atomic mass is 10.3. The maximum atomic E-state index is 12.1. The Kier molecular flexibility index (Phi) is 6.65. The minimum Gasteiger partial charge on any atom is -0.370 e. The van der Waals surface area contributed by atoms with E-state index in [1.165, 1.54) is 10.9 Å². The van der Waals surface area contributed by atoms with Crippen LogP contribution in [0.15, 0.2) is 17.2 Å². The van der Waals surface area contributed by atoms with Gasteiger partial charge in [-0.2, -0.15) is 4.98 Å². The summed E-state index contributed by atoms with van der Waals surface area (Å²) in [5.41, 5.74) is 1.87. The lowest BCUT2D eigenvalue weighted by Crippen LogP contribution is -2.35. The fraction of sp³-hybridized carbons (Fsp3) is 0.471. The van der Waals surface area contributed by atoms with Crippen LogP contribution in [0.4, 0.5) is 11.8 Å². The normalized spacial score (nSPS) is 10.5. The lowest BCUT2D eigenvalue weighted by molar-refractivity contribution is -0.121. The first-order valence-corrected chi connectivity index (χ1v) is 8.53. The van der Waals surface area contributed by atoms with Gasteiger partial charge in [0.15, 0.2) is 0 Å². The number of nitrogens with zero attached hydrogens (tertiary/aromatic N) is 4. The van der Waals surface area contributed by atoms with Crippen LogP contribution in [0.2, 0.25) is 0 Å². The van der Waals surface area contributed by atoms with Gasteiger partial charge < -0.3 is 16.0 Å². The molecule has 0 spiro atoms. The van der Waals surface area contributed by atoms with Gasteiger partial charge in [0.25, 0.3) is 5.56 Å². The van der Waals surface area contributed by atoms with Crippen LogP contribution in [0, 0.1) is 20.8 Å². The standard InChI is InChI=1S/C17H25N7O2/c1-5-18-14-8-11(2)22-17(23-14)20-7-6-19-15(25)9-24-10-21-13(4)12(3)16(24)26/h8,10H,5-7,9H2,1-4H3,(H,19,25)(H2,18,20,22,23). The Morgan fingerprint density at radius 1 is 1.15 bits per heavy atom. The largest absolute Gasteiger partial charge is 0.370 e. The van der Waals surface area contributed by atoms with Crippen molar-refractivity contribution >= 4 is 17.7 Å². The number of rotatable bonds is 8. The molecule has 2 aromatic heterocycles. The van der Waals surface area contributed by atoms with Gasteiger partial charge >= 0.3 is 0 Å². The maximum Gasteiger partial charge on any atom is 0.256 e. The van der Waals surface area contributed by atoms with Crippen molar-refractivity contribution < 1.29 is 4.79 Å². The van der Waals surface area contributed by atoms with E-state index in [-0.39, 0.29) is 18.0 Å². The van der Waals surface area contributed by atoms with Crippen molar-refractivity contribution in [1.29, 1.82) is 0 Å². The Morgan fingerprint density at radius 3 is 2.65 bits per heavy atom. The molecule has 0 saturated carbocycles. The predicted molar refractivity (Wildman–Crippen MR) is 100 cm³/mol. The molecule has 0 aromatic carbocycles. The monoisotopic (exact) mass is 359 g/mol. The minimum atomic E-state index is -0.252. The fourth-order valence-corrected chi connectivity index (χ4v) is 2.29. The van der Waals surface area contributed by atoms with Crippen LogP contribution >= 0.6 is 0 Å². The maximum absolute atomic E-state index is 12.1. The quantitative estimate of drug-likeness (QED) is 0.592. The Labute approximate surface area is 152 Å². The summed E-state index contributed by atoms with van der Waals surface area (Å²) in [6, 6.07) is 1.87. The summed E-state index contributed by atoms with van der Waals surface area (Å²) in [5, 5.41) is 8.97. The number of nitrogens with one attached hydrogen (secondary N) is 3. The Balaban J connectivity index is 1.82. The number of anilines is 2. The number of hydrogen-bond donors (Lipinski definition) is 3. The second kappa shape index (κ2) is 8.93. The van der Waals surface area contributed by atoms with Crippen LogP contribution in [0.5, 0.6) is 0 Å². The highest BCUT2D eigenvalue weighted by Crippen LogP contribution is 2.08. The second-order valence-electron chi connectivity index (χ2n) is 5.91. The Morgan fingerprint density at radius 2 is 1.92 bits per heavy atom. The molecule has 2 aromatic rings. The third-order valence-corrected chi connectivity index (χ3v) is 3.77. The molecule has 0 aliphatic carbocycles. The zero-order valence-corrected chi connectivity index (χ0v) is 15.6. The fourth-order valence-electron chi connectivity index (χ4n) is 2.29. The molecule has 1 amide bonds. The van der Waals surface area contributed by atoms with Gasteiger partial charge in [-0.3, -0.25) is 14.2 Å². The highest BCUT2D eigenvalue weighted by Gasteiger charge is 2.08. The van der Waals surface area contributed by atoms with E-state index in [4.69, 9.17) is 0 Å². The molecular formula is C17H25N7O2. The molecule has 0 aliphatic rings. The van der Waals surface area contributed by atoms with Crippen LogP contribution in [0.3, 0.4) is 0 Å². The molecule has 0 atom stereocenters. The average molecular weight is 359 g/mol. The van der Waals surface area contributed by atoms with Gasteiger partial charge in [0.1, 0.15) is 12.4 Å². The van der Waals surface area contributed by atoms with Crippen LogP contribution in [-0.2, 0) is 11.3 Å². The first kappa shape index (κ1) is 19.4. The molecule has 0 unspecified atom stereocenters. The third kappa shape index (κ3) is 5.27. The molecule has 0 aliphatic heterocycles. The zero-order valence-electron chi connectivity index (χ0n) is 15.6. The predicted octanol–water partition coefficient (Wildman–Crippen LogP) is 0.619. The lowest BCUT2D eigenvalue weighted by Gasteiger charge is -2.10. The molecule has 0 saturated heterocycles. The van der Waals surface area contributed by atoms with Crippen molar-refractivity contribution in [3.63, 3.8) is 0 Å². The summed E-state index contributed by atoms with van der Waals surface area (Å²) in [6.07, 6.45) is 1.39. The number of hydrogen-bond acceptors (Lipinski definition) is 7. The average Bonchev–Trinajstić information content (AvgIpc) is 2.59. The molecule has 26 heavy (non-hydrogen) atoms. The van der Waals surface area contributed by atoms with Gasteiger partial charge in [-0.1, -0.05) is 0 Å². The van der Waals surface area contributed by atoms with E-state index in [9.17, 15) is 9.59 Å². The SMILES string of the molecule is CCNc1cc(C)nc(NCCNC(=O)Cn2cnc(C)c(C)c2=O)n1. The first-order valence-electron chi connectivity index (χ1n) is 8.53. The van der Waals surface area contributed by atoms with E-state index in [1.807, 2.05) is 19.9 Å². The van der Waals surface area contributed by atoms with E-state index >= 15 is 0 Å². The van der Waals surface area contributed by atoms with Crippen molar-refractivity contribution in [3.05, 3.63) is 39.7 Å². The Hall–Kier alpha value is -2.97. The smallest absolute Gasteiger partial charge is 0.256 e. The number of aryl methyl sites for hydroxylation is 2. The van der Waals surface area contributed by atoms with E-state index in [1.54, 1.807) is 13.8 Å². The van der Waals surface area contributed by atoms with Gasteiger partial charge in [-0.15, -0.1) is 0 Å². The van der Waals surface area contributed by atoms with Crippen LogP contribution < -0.4 is 21.5 Å². The molecular weight excluding hydrogens is 334 g/mol. The van der Waals surface area contributed by atoms with Crippen molar-refractivity contribution in [2.24, 2.45) is 0 Å². The van der Waals surface area contributed by atoms with Crippen molar-refractivity contribution in [1.82, 2.24) is 24.8 Å². The summed E-state index contributed by atoms with van der Waals surface area (Å²) in [5.74, 6) is 1.01. The summed E-state index contributed by atoms with van der Waals surface area (Å²) in [6.45, 7) is 8.94. The number of aromatic nitrogens is 4. The van der Waals surface area contributed by atoms with E-state index in [0.717, 1.165) is 18.1 Å². The van der Waals surface area contributed by atoms with Gasteiger partial charge in [0.2, 0.25) is 11.9 Å². The van der Waals surface area contributed by atoms with E-state index < -0.39 is 0 Å².